The minimum Gasteiger partial charge on any atom is -0.497 e. The average molecular weight is 333 g/mol. The van der Waals surface area contributed by atoms with Crippen molar-refractivity contribution in [3.63, 3.8) is 0 Å². The van der Waals surface area contributed by atoms with Crippen LogP contribution in [0, 0.1) is 0 Å². The molecule has 2 rings (SSSR count). The molecule has 1 aromatic carbocycles. The van der Waals surface area contributed by atoms with Crippen molar-refractivity contribution in [2.24, 2.45) is 4.99 Å². The molecule has 0 spiro atoms. The minimum absolute atomic E-state index is 0.0208. The van der Waals surface area contributed by atoms with Crippen molar-refractivity contribution < 1.29 is 14.9 Å². The molecule has 24 heavy (non-hydrogen) atoms. The number of benzene rings is 1. The highest BCUT2D eigenvalue weighted by atomic mass is 16.5. The fraction of sp³-hybridized carbons (Fsp3) is 0.500. The van der Waals surface area contributed by atoms with Gasteiger partial charge in [0.15, 0.2) is 0 Å². The third kappa shape index (κ3) is 4.14. The molecule has 0 saturated carbocycles. The predicted octanol–water partition coefficient (Wildman–Crippen LogP) is 1.44. The van der Waals surface area contributed by atoms with E-state index in [0.29, 0.717) is 13.1 Å². The van der Waals surface area contributed by atoms with Crippen molar-refractivity contribution in [2.75, 3.05) is 27.3 Å². The Morgan fingerprint density at radius 2 is 2.00 bits per heavy atom. The zero-order valence-corrected chi connectivity index (χ0v) is 14.8. The molecule has 0 fully saturated rings. The van der Waals surface area contributed by atoms with Crippen LogP contribution in [-0.2, 0) is 6.54 Å². The number of aliphatic hydroxyl groups is 2. The molecule has 0 bridgehead atoms. The van der Waals surface area contributed by atoms with Gasteiger partial charge in [0.25, 0.3) is 0 Å². The molecular formula is C18H27N3O3. The molecule has 6 heteroatoms. The van der Waals surface area contributed by atoms with Gasteiger partial charge < -0.3 is 19.8 Å². The standard InChI is InChI=1S/C18H27N3O3/c1-13-17(14(2)20(3)12-19-13)18(23)21(9-10-22)11-15-5-7-16(24-4)8-6-15/h5-8,12,14,18,22-23H,9-11H2,1-4H3. The van der Waals surface area contributed by atoms with E-state index in [1.54, 1.807) is 13.4 Å². The highest BCUT2D eigenvalue weighted by Gasteiger charge is 2.29. The van der Waals surface area contributed by atoms with Crippen LogP contribution >= 0.6 is 0 Å². The van der Waals surface area contributed by atoms with Crippen LogP contribution < -0.4 is 4.74 Å². The molecule has 1 aromatic rings. The Hall–Kier alpha value is -1.89. The number of hydrogen-bond acceptors (Lipinski definition) is 6. The Labute approximate surface area is 143 Å². The fourth-order valence-electron chi connectivity index (χ4n) is 2.85. The summed E-state index contributed by atoms with van der Waals surface area (Å²) < 4.78 is 5.17. The lowest BCUT2D eigenvalue weighted by Crippen LogP contribution is -2.45. The first kappa shape index (κ1) is 18.4. The summed E-state index contributed by atoms with van der Waals surface area (Å²) in [5, 5.41) is 20.3. The van der Waals surface area contributed by atoms with Crippen molar-refractivity contribution in [3.05, 3.63) is 41.1 Å². The van der Waals surface area contributed by atoms with Gasteiger partial charge in [0.05, 0.1) is 26.1 Å². The van der Waals surface area contributed by atoms with E-state index in [9.17, 15) is 10.2 Å². The van der Waals surface area contributed by atoms with Gasteiger partial charge in [0.1, 0.15) is 12.0 Å². The van der Waals surface area contributed by atoms with Gasteiger partial charge in [0, 0.05) is 31.4 Å². The van der Waals surface area contributed by atoms with E-state index in [2.05, 4.69) is 4.99 Å². The summed E-state index contributed by atoms with van der Waals surface area (Å²) in [6.07, 6.45) is 0.977. The first-order valence-electron chi connectivity index (χ1n) is 8.10. The SMILES string of the molecule is COc1ccc(CN(CCO)C(O)C2=C(C)N=CN(C)C2C)cc1. The molecule has 1 aliphatic heterocycles. The van der Waals surface area contributed by atoms with Crippen LogP contribution in [0.1, 0.15) is 19.4 Å². The summed E-state index contributed by atoms with van der Waals surface area (Å²) in [6.45, 7) is 4.83. The maximum absolute atomic E-state index is 10.9. The summed E-state index contributed by atoms with van der Waals surface area (Å²) >= 11 is 0. The lowest BCUT2D eigenvalue weighted by Gasteiger charge is -2.36. The van der Waals surface area contributed by atoms with E-state index < -0.39 is 6.23 Å². The van der Waals surface area contributed by atoms with Gasteiger partial charge >= 0.3 is 0 Å². The Bertz CT molecular complexity index is 598. The topological polar surface area (TPSA) is 68.5 Å². The summed E-state index contributed by atoms with van der Waals surface area (Å²) in [5.74, 6) is 0.795. The summed E-state index contributed by atoms with van der Waals surface area (Å²) in [4.78, 5) is 8.17. The number of hydrogen-bond donors (Lipinski definition) is 2. The second-order valence-corrected chi connectivity index (χ2v) is 6.04. The molecule has 1 aliphatic rings. The zero-order chi connectivity index (χ0) is 17.7. The highest BCUT2D eigenvalue weighted by molar-refractivity contribution is 5.60. The molecule has 2 atom stereocenters. The maximum Gasteiger partial charge on any atom is 0.133 e. The predicted molar refractivity (Wildman–Crippen MR) is 94.9 cm³/mol. The molecular weight excluding hydrogens is 306 g/mol. The van der Waals surface area contributed by atoms with Crippen molar-refractivity contribution in [1.82, 2.24) is 9.80 Å². The van der Waals surface area contributed by atoms with Crippen LogP contribution in [-0.4, -0.2) is 65.9 Å². The monoisotopic (exact) mass is 333 g/mol. The number of aliphatic imine (C=N–C) groups is 1. The molecule has 1 heterocycles. The lowest BCUT2D eigenvalue weighted by atomic mass is 10.0. The molecule has 0 saturated heterocycles. The van der Waals surface area contributed by atoms with Crippen LogP contribution in [0.5, 0.6) is 5.75 Å². The number of rotatable bonds is 7. The van der Waals surface area contributed by atoms with Crippen LogP contribution in [0.15, 0.2) is 40.5 Å². The Morgan fingerprint density at radius 3 is 2.58 bits per heavy atom. The number of methoxy groups -OCH3 is 1. The summed E-state index contributed by atoms with van der Waals surface area (Å²) in [6, 6.07) is 7.77. The Morgan fingerprint density at radius 1 is 1.33 bits per heavy atom. The van der Waals surface area contributed by atoms with Crippen molar-refractivity contribution in [3.8, 4) is 5.75 Å². The molecule has 132 valence electrons. The first-order valence-corrected chi connectivity index (χ1v) is 8.10. The van der Waals surface area contributed by atoms with Crippen LogP contribution in [0.3, 0.4) is 0 Å². The second-order valence-electron chi connectivity index (χ2n) is 6.04. The van der Waals surface area contributed by atoms with E-state index >= 15 is 0 Å². The van der Waals surface area contributed by atoms with Gasteiger partial charge in [0.2, 0.25) is 0 Å². The van der Waals surface area contributed by atoms with E-state index in [1.807, 2.05) is 55.0 Å². The first-order chi connectivity index (χ1) is 11.5. The molecule has 0 radical (unpaired) electrons. The third-order valence-corrected chi connectivity index (χ3v) is 4.47. The molecule has 0 amide bonds. The van der Waals surface area contributed by atoms with E-state index in [1.165, 1.54) is 0 Å². The van der Waals surface area contributed by atoms with Crippen LogP contribution in [0.25, 0.3) is 0 Å². The zero-order valence-electron chi connectivity index (χ0n) is 14.8. The number of aliphatic hydroxyl groups excluding tert-OH is 2. The van der Waals surface area contributed by atoms with Gasteiger partial charge in [-0.25, -0.2) is 4.99 Å². The minimum atomic E-state index is -0.797. The normalized spacial score (nSPS) is 19.1. The van der Waals surface area contributed by atoms with Crippen LogP contribution in [0.4, 0.5) is 0 Å². The number of ether oxygens (including phenoxy) is 1. The van der Waals surface area contributed by atoms with E-state index in [4.69, 9.17) is 4.74 Å². The lowest BCUT2D eigenvalue weighted by molar-refractivity contribution is 0.00746. The molecule has 0 aromatic heterocycles. The van der Waals surface area contributed by atoms with Gasteiger partial charge in [-0.2, -0.15) is 0 Å². The van der Waals surface area contributed by atoms with Crippen LogP contribution in [0.2, 0.25) is 0 Å². The van der Waals surface area contributed by atoms with Crippen molar-refractivity contribution >= 4 is 6.34 Å². The Balaban J connectivity index is 2.20. The highest BCUT2D eigenvalue weighted by Crippen LogP contribution is 2.25. The Kier molecular flexibility index (Phi) is 6.36. The summed E-state index contributed by atoms with van der Waals surface area (Å²) in [5.41, 5.74) is 2.73. The largest absolute Gasteiger partial charge is 0.497 e. The third-order valence-electron chi connectivity index (χ3n) is 4.47. The van der Waals surface area contributed by atoms with Crippen molar-refractivity contribution in [2.45, 2.75) is 32.7 Å². The molecule has 0 aliphatic carbocycles. The molecule has 6 nitrogen and oxygen atoms in total. The van der Waals surface area contributed by atoms with Crippen molar-refractivity contribution in [1.29, 1.82) is 0 Å². The number of nitrogens with zero attached hydrogens (tertiary/aromatic N) is 3. The van der Waals surface area contributed by atoms with Gasteiger partial charge in [-0.15, -0.1) is 0 Å². The quantitative estimate of drug-likeness (QED) is 0.739. The average Bonchev–Trinajstić information content (AvgIpc) is 2.58. The summed E-state index contributed by atoms with van der Waals surface area (Å²) in [7, 11) is 3.57. The second kappa shape index (κ2) is 8.28. The molecule has 2 unspecified atom stereocenters. The van der Waals surface area contributed by atoms with Gasteiger partial charge in [-0.05, 0) is 31.5 Å². The van der Waals surface area contributed by atoms with E-state index in [0.717, 1.165) is 22.6 Å². The van der Waals surface area contributed by atoms with Gasteiger partial charge in [-0.3, -0.25) is 4.90 Å². The van der Waals surface area contributed by atoms with E-state index in [-0.39, 0.29) is 12.6 Å². The maximum atomic E-state index is 10.9. The molecule has 2 N–H and O–H groups in total. The number of allylic oxidation sites excluding steroid dienone is 1. The fourth-order valence-corrected chi connectivity index (χ4v) is 2.85. The number of likely N-dealkylation sites (N-methyl/N-ethyl adjacent to an activating group) is 1. The van der Waals surface area contributed by atoms with Gasteiger partial charge in [-0.1, -0.05) is 12.1 Å². The smallest absolute Gasteiger partial charge is 0.133 e.